The van der Waals surface area contributed by atoms with Crippen molar-refractivity contribution in [2.75, 3.05) is 6.54 Å². The van der Waals surface area contributed by atoms with Gasteiger partial charge in [0.25, 0.3) is 0 Å². The Morgan fingerprint density at radius 2 is 1.91 bits per heavy atom. The van der Waals surface area contributed by atoms with Crippen LogP contribution in [-0.4, -0.2) is 18.5 Å². The van der Waals surface area contributed by atoms with Gasteiger partial charge in [-0.1, -0.05) is 6.92 Å². The lowest BCUT2D eigenvalue weighted by atomic mass is 9.82. The molecule has 0 spiro atoms. The third-order valence-corrected chi connectivity index (χ3v) is 1.86. The molecule has 0 aliphatic carbocycles. The summed E-state index contributed by atoms with van der Waals surface area (Å²) in [6.45, 7) is 2.15. The molecule has 0 aromatic heterocycles. The molecule has 1 saturated heterocycles. The van der Waals surface area contributed by atoms with E-state index in [-0.39, 0.29) is 18.3 Å². The third kappa shape index (κ3) is 1.77. The van der Waals surface area contributed by atoms with Crippen LogP contribution in [0.15, 0.2) is 0 Å². The van der Waals surface area contributed by atoms with E-state index >= 15 is 0 Å². The first-order valence-electron chi connectivity index (χ1n) is 3.49. The van der Waals surface area contributed by atoms with Crippen LogP contribution in [-0.2, 0) is 14.3 Å². The molecule has 1 heterocycles. The fourth-order valence-electron chi connectivity index (χ4n) is 1.10. The Bertz CT molecular complexity index is 184. The summed E-state index contributed by atoms with van der Waals surface area (Å²) in [6, 6.07) is 0. The van der Waals surface area contributed by atoms with E-state index in [1.807, 2.05) is 6.92 Å². The quantitative estimate of drug-likeness (QED) is 0.423. The van der Waals surface area contributed by atoms with Crippen LogP contribution >= 0.6 is 0 Å². The molecule has 0 aromatic rings. The number of nitrogens with two attached hydrogens (primary N) is 1. The Hall–Kier alpha value is -0.900. The van der Waals surface area contributed by atoms with Crippen molar-refractivity contribution in [3.63, 3.8) is 0 Å². The van der Waals surface area contributed by atoms with Gasteiger partial charge in [-0.05, 0) is 6.54 Å². The molecule has 62 valence electrons. The van der Waals surface area contributed by atoms with Gasteiger partial charge in [0.05, 0.1) is 12.8 Å². The van der Waals surface area contributed by atoms with E-state index in [0.717, 1.165) is 0 Å². The highest BCUT2D eigenvalue weighted by Crippen LogP contribution is 2.29. The fourth-order valence-corrected chi connectivity index (χ4v) is 1.10. The van der Waals surface area contributed by atoms with Gasteiger partial charge in [0.2, 0.25) is 0 Å². The summed E-state index contributed by atoms with van der Waals surface area (Å²) in [5, 5.41) is 0. The van der Waals surface area contributed by atoms with Gasteiger partial charge >= 0.3 is 11.9 Å². The highest BCUT2D eigenvalue weighted by molar-refractivity contribution is 5.89. The molecule has 0 bridgehead atoms. The molecule has 4 heteroatoms. The lowest BCUT2D eigenvalue weighted by Crippen LogP contribution is -2.38. The molecule has 1 aliphatic rings. The molecule has 2 N–H and O–H groups in total. The van der Waals surface area contributed by atoms with Crippen LogP contribution in [0.5, 0.6) is 0 Å². The second-order valence-electron chi connectivity index (χ2n) is 3.21. The monoisotopic (exact) mass is 157 g/mol. The van der Waals surface area contributed by atoms with Gasteiger partial charge in [-0.2, -0.15) is 0 Å². The third-order valence-electron chi connectivity index (χ3n) is 1.86. The van der Waals surface area contributed by atoms with Crippen LogP contribution in [0.4, 0.5) is 0 Å². The smallest absolute Gasteiger partial charge is 0.314 e. The molecule has 1 rings (SSSR count). The van der Waals surface area contributed by atoms with Crippen LogP contribution in [0.3, 0.4) is 0 Å². The predicted octanol–water partition coefficient (Wildman–Crippen LogP) is -0.185. The first kappa shape index (κ1) is 8.20. The zero-order valence-corrected chi connectivity index (χ0v) is 6.42. The van der Waals surface area contributed by atoms with Gasteiger partial charge in [0.15, 0.2) is 0 Å². The number of carbonyl (C=O) groups is 2. The van der Waals surface area contributed by atoms with E-state index in [0.29, 0.717) is 6.54 Å². The van der Waals surface area contributed by atoms with Crippen molar-refractivity contribution in [1.29, 1.82) is 0 Å². The molecular formula is C7H11NO3. The fraction of sp³-hybridized carbons (Fsp3) is 0.714. The minimum atomic E-state index is -0.464. The Morgan fingerprint density at radius 3 is 2.27 bits per heavy atom. The van der Waals surface area contributed by atoms with Crippen molar-refractivity contribution in [3.8, 4) is 0 Å². The highest BCUT2D eigenvalue weighted by Gasteiger charge is 2.36. The van der Waals surface area contributed by atoms with E-state index < -0.39 is 11.9 Å². The first-order chi connectivity index (χ1) is 5.06. The second kappa shape index (κ2) is 2.62. The molecule has 0 aromatic carbocycles. The second-order valence-corrected chi connectivity index (χ2v) is 3.21. The van der Waals surface area contributed by atoms with Crippen molar-refractivity contribution in [2.24, 2.45) is 11.1 Å². The average Bonchev–Trinajstić information content (AvgIpc) is 1.84. The Kier molecular flexibility index (Phi) is 1.95. The number of rotatable bonds is 1. The number of hydrogen-bond donors (Lipinski definition) is 1. The number of esters is 2. The van der Waals surface area contributed by atoms with E-state index in [1.54, 1.807) is 0 Å². The van der Waals surface area contributed by atoms with Gasteiger partial charge in [-0.15, -0.1) is 0 Å². The summed E-state index contributed by atoms with van der Waals surface area (Å²) >= 11 is 0. The summed E-state index contributed by atoms with van der Waals surface area (Å²) in [7, 11) is 0. The van der Waals surface area contributed by atoms with Gasteiger partial charge in [0, 0.05) is 5.41 Å². The summed E-state index contributed by atoms with van der Waals surface area (Å²) < 4.78 is 4.35. The predicted molar refractivity (Wildman–Crippen MR) is 37.5 cm³/mol. The SMILES string of the molecule is CC1(CN)CC(=O)OC(=O)C1. The molecular weight excluding hydrogens is 146 g/mol. The lowest BCUT2D eigenvalue weighted by molar-refractivity contribution is -0.168. The maximum absolute atomic E-state index is 10.7. The molecule has 11 heavy (non-hydrogen) atoms. The number of ether oxygens (including phenoxy) is 1. The summed E-state index contributed by atoms with van der Waals surface area (Å²) in [4.78, 5) is 21.5. The molecule has 0 saturated carbocycles. The number of carbonyl (C=O) groups excluding carboxylic acids is 2. The Morgan fingerprint density at radius 1 is 1.45 bits per heavy atom. The van der Waals surface area contributed by atoms with Gasteiger partial charge in [-0.3, -0.25) is 9.59 Å². The minimum Gasteiger partial charge on any atom is -0.393 e. The number of hydrogen-bond acceptors (Lipinski definition) is 4. The maximum atomic E-state index is 10.7. The van der Waals surface area contributed by atoms with Gasteiger partial charge in [0.1, 0.15) is 0 Å². The maximum Gasteiger partial charge on any atom is 0.314 e. The highest BCUT2D eigenvalue weighted by atomic mass is 16.6. The van der Waals surface area contributed by atoms with E-state index in [2.05, 4.69) is 4.74 Å². The Labute approximate surface area is 64.7 Å². The zero-order chi connectivity index (χ0) is 8.48. The van der Waals surface area contributed by atoms with Gasteiger partial charge < -0.3 is 10.5 Å². The average molecular weight is 157 g/mol. The normalized spacial score (nSPS) is 23.1. The minimum absolute atomic E-state index is 0.245. The van der Waals surface area contributed by atoms with Crippen molar-refractivity contribution in [2.45, 2.75) is 19.8 Å². The molecule has 1 fully saturated rings. The van der Waals surface area contributed by atoms with Crippen molar-refractivity contribution in [1.82, 2.24) is 0 Å². The Balaban J connectivity index is 2.70. The summed E-state index contributed by atoms with van der Waals surface area (Å²) in [6.07, 6.45) is 0.491. The topological polar surface area (TPSA) is 69.4 Å². The van der Waals surface area contributed by atoms with Crippen molar-refractivity contribution < 1.29 is 14.3 Å². The first-order valence-corrected chi connectivity index (χ1v) is 3.49. The molecule has 0 unspecified atom stereocenters. The van der Waals surface area contributed by atoms with E-state index in [4.69, 9.17) is 5.73 Å². The van der Waals surface area contributed by atoms with Crippen LogP contribution in [0.2, 0.25) is 0 Å². The van der Waals surface area contributed by atoms with Crippen molar-refractivity contribution in [3.05, 3.63) is 0 Å². The molecule has 4 nitrogen and oxygen atoms in total. The van der Waals surface area contributed by atoms with Crippen LogP contribution in [0, 0.1) is 5.41 Å². The van der Waals surface area contributed by atoms with Gasteiger partial charge in [-0.25, -0.2) is 0 Å². The molecule has 0 amide bonds. The summed E-state index contributed by atoms with van der Waals surface area (Å²) in [5.41, 5.74) is 5.02. The van der Waals surface area contributed by atoms with Crippen LogP contribution < -0.4 is 5.73 Å². The summed E-state index contributed by atoms with van der Waals surface area (Å²) in [5.74, 6) is -0.927. The molecule has 1 aliphatic heterocycles. The van der Waals surface area contributed by atoms with Crippen LogP contribution in [0.25, 0.3) is 0 Å². The largest absolute Gasteiger partial charge is 0.393 e. The number of cyclic esters (lactones) is 2. The molecule has 0 radical (unpaired) electrons. The van der Waals surface area contributed by atoms with Crippen molar-refractivity contribution >= 4 is 11.9 Å². The standard InChI is InChI=1S/C7H11NO3/c1-7(4-8)2-5(9)11-6(10)3-7/h2-4,8H2,1H3. The zero-order valence-electron chi connectivity index (χ0n) is 6.42. The van der Waals surface area contributed by atoms with Crippen LogP contribution in [0.1, 0.15) is 19.8 Å². The molecule has 0 atom stereocenters. The van der Waals surface area contributed by atoms with E-state index in [9.17, 15) is 9.59 Å². The lowest BCUT2D eigenvalue weighted by Gasteiger charge is -2.28. The van der Waals surface area contributed by atoms with E-state index in [1.165, 1.54) is 0 Å².